The Labute approximate surface area is 98.8 Å². The van der Waals surface area contributed by atoms with Crippen molar-refractivity contribution in [2.75, 3.05) is 18.1 Å². The molecule has 0 heterocycles. The first-order chi connectivity index (χ1) is 7.04. The molecule has 0 bridgehead atoms. The second-order valence-corrected chi connectivity index (χ2v) is 5.74. The molecule has 0 rings (SSSR count). The van der Waals surface area contributed by atoms with Gasteiger partial charge in [0.2, 0.25) is 0 Å². The van der Waals surface area contributed by atoms with E-state index >= 15 is 0 Å². The van der Waals surface area contributed by atoms with Crippen LogP contribution in [-0.4, -0.2) is 23.6 Å². The summed E-state index contributed by atoms with van der Waals surface area (Å²) in [6, 6.07) is 2.38. The molecule has 0 aromatic carbocycles. The average molecular weight is 228 g/mol. The Bertz CT molecular complexity index is 198. The first kappa shape index (κ1) is 14.8. The van der Waals surface area contributed by atoms with Gasteiger partial charge in [0.15, 0.2) is 0 Å². The summed E-state index contributed by atoms with van der Waals surface area (Å²) in [5.41, 5.74) is -0.333. The van der Waals surface area contributed by atoms with Gasteiger partial charge in [-0.05, 0) is 43.7 Å². The second kappa shape index (κ2) is 8.01. The highest BCUT2D eigenvalue weighted by molar-refractivity contribution is 7.99. The minimum atomic E-state index is -0.333. The number of rotatable bonds is 8. The summed E-state index contributed by atoms with van der Waals surface area (Å²) in [4.78, 5) is 0. The highest BCUT2D eigenvalue weighted by Gasteiger charge is 2.21. The summed E-state index contributed by atoms with van der Waals surface area (Å²) >= 11 is 1.95. The van der Waals surface area contributed by atoms with Crippen molar-refractivity contribution < 1.29 is 0 Å². The van der Waals surface area contributed by atoms with Crippen molar-refractivity contribution in [3.8, 4) is 6.07 Å². The maximum Gasteiger partial charge on any atom is 0.104 e. The third kappa shape index (κ3) is 7.70. The summed E-state index contributed by atoms with van der Waals surface area (Å²) in [7, 11) is 0. The van der Waals surface area contributed by atoms with Crippen LogP contribution in [0.3, 0.4) is 0 Å². The molecule has 0 saturated heterocycles. The van der Waals surface area contributed by atoms with E-state index in [0.717, 1.165) is 31.1 Å². The third-order valence-electron chi connectivity index (χ3n) is 2.21. The third-order valence-corrected chi connectivity index (χ3v) is 3.60. The Kier molecular flexibility index (Phi) is 7.90. The van der Waals surface area contributed by atoms with E-state index in [0.29, 0.717) is 0 Å². The maximum atomic E-state index is 9.10. The molecule has 1 N–H and O–H groups in total. The van der Waals surface area contributed by atoms with E-state index in [9.17, 15) is 0 Å². The quantitative estimate of drug-likeness (QED) is 0.649. The molecule has 1 atom stereocenters. The largest absolute Gasteiger partial charge is 0.300 e. The molecular weight excluding hydrogens is 204 g/mol. The van der Waals surface area contributed by atoms with Crippen molar-refractivity contribution in [2.45, 2.75) is 46.1 Å². The lowest BCUT2D eigenvalue weighted by Gasteiger charge is -2.22. The van der Waals surface area contributed by atoms with Crippen LogP contribution in [-0.2, 0) is 0 Å². The highest BCUT2D eigenvalue weighted by Crippen LogP contribution is 2.15. The Balaban J connectivity index is 3.74. The van der Waals surface area contributed by atoms with Crippen LogP contribution in [0, 0.1) is 17.2 Å². The molecule has 15 heavy (non-hydrogen) atoms. The Morgan fingerprint density at radius 2 is 2.13 bits per heavy atom. The SMILES string of the molecule is CCCNC(C)(C#N)CCSCC(C)C. The van der Waals surface area contributed by atoms with Crippen molar-refractivity contribution in [1.29, 1.82) is 5.26 Å². The van der Waals surface area contributed by atoms with Crippen molar-refractivity contribution >= 4 is 11.8 Å². The zero-order valence-electron chi connectivity index (χ0n) is 10.5. The molecule has 88 valence electrons. The van der Waals surface area contributed by atoms with Gasteiger partial charge < -0.3 is 0 Å². The van der Waals surface area contributed by atoms with Gasteiger partial charge in [0, 0.05) is 0 Å². The fraction of sp³-hybridized carbons (Fsp3) is 0.917. The average Bonchev–Trinajstić information content (AvgIpc) is 2.21. The van der Waals surface area contributed by atoms with Gasteiger partial charge in [-0.1, -0.05) is 20.8 Å². The number of hydrogen-bond acceptors (Lipinski definition) is 3. The van der Waals surface area contributed by atoms with Crippen LogP contribution in [0.5, 0.6) is 0 Å². The minimum Gasteiger partial charge on any atom is -0.300 e. The van der Waals surface area contributed by atoms with E-state index in [1.807, 2.05) is 18.7 Å². The number of nitrogens with zero attached hydrogens (tertiary/aromatic N) is 1. The fourth-order valence-electron chi connectivity index (χ4n) is 1.18. The monoisotopic (exact) mass is 228 g/mol. The van der Waals surface area contributed by atoms with Crippen molar-refractivity contribution in [2.24, 2.45) is 5.92 Å². The van der Waals surface area contributed by atoms with E-state index in [4.69, 9.17) is 5.26 Å². The number of hydrogen-bond donors (Lipinski definition) is 1. The first-order valence-corrected chi connectivity index (χ1v) is 6.93. The Hall–Kier alpha value is -0.200. The van der Waals surface area contributed by atoms with Crippen LogP contribution < -0.4 is 5.32 Å². The molecule has 0 fully saturated rings. The smallest absolute Gasteiger partial charge is 0.104 e. The highest BCUT2D eigenvalue weighted by atomic mass is 32.2. The summed E-state index contributed by atoms with van der Waals surface area (Å²) in [6.07, 6.45) is 2.01. The van der Waals surface area contributed by atoms with Gasteiger partial charge in [-0.15, -0.1) is 0 Å². The minimum absolute atomic E-state index is 0.333. The molecule has 0 amide bonds. The lowest BCUT2D eigenvalue weighted by atomic mass is 10.0. The van der Waals surface area contributed by atoms with Crippen LogP contribution in [0.2, 0.25) is 0 Å². The van der Waals surface area contributed by atoms with E-state index in [1.165, 1.54) is 5.75 Å². The van der Waals surface area contributed by atoms with Gasteiger partial charge in [0.1, 0.15) is 5.54 Å². The normalized spacial score (nSPS) is 14.9. The molecular formula is C12H24N2S. The zero-order chi connectivity index (χ0) is 11.7. The summed E-state index contributed by atoms with van der Waals surface area (Å²) < 4.78 is 0. The molecule has 1 unspecified atom stereocenters. The van der Waals surface area contributed by atoms with Crippen LogP contribution in [0.15, 0.2) is 0 Å². The molecule has 0 aliphatic carbocycles. The number of nitrogens with one attached hydrogen (secondary N) is 1. The second-order valence-electron chi connectivity index (χ2n) is 4.59. The summed E-state index contributed by atoms with van der Waals surface area (Å²) in [6.45, 7) is 9.51. The van der Waals surface area contributed by atoms with Crippen molar-refractivity contribution in [3.63, 3.8) is 0 Å². The molecule has 0 radical (unpaired) electrons. The lowest BCUT2D eigenvalue weighted by Crippen LogP contribution is -2.41. The molecule has 0 aliphatic heterocycles. The van der Waals surface area contributed by atoms with Crippen LogP contribution in [0.1, 0.15) is 40.5 Å². The molecule has 0 aromatic heterocycles. The van der Waals surface area contributed by atoms with Gasteiger partial charge in [0.25, 0.3) is 0 Å². The van der Waals surface area contributed by atoms with Crippen LogP contribution in [0.4, 0.5) is 0 Å². The van der Waals surface area contributed by atoms with Crippen LogP contribution >= 0.6 is 11.8 Å². The predicted molar refractivity (Wildman–Crippen MR) is 69.1 cm³/mol. The van der Waals surface area contributed by atoms with E-state index in [2.05, 4.69) is 32.2 Å². The lowest BCUT2D eigenvalue weighted by molar-refractivity contribution is 0.437. The summed E-state index contributed by atoms with van der Waals surface area (Å²) in [5.74, 6) is 3.00. The molecule has 0 aliphatic rings. The van der Waals surface area contributed by atoms with Gasteiger partial charge >= 0.3 is 0 Å². The number of thioether (sulfide) groups is 1. The van der Waals surface area contributed by atoms with Crippen LogP contribution in [0.25, 0.3) is 0 Å². The predicted octanol–water partition coefficient (Wildman–Crippen LogP) is 3.05. The fourth-order valence-corrected chi connectivity index (χ4v) is 2.37. The van der Waals surface area contributed by atoms with E-state index in [1.54, 1.807) is 0 Å². The summed E-state index contributed by atoms with van der Waals surface area (Å²) in [5, 5.41) is 12.4. The first-order valence-electron chi connectivity index (χ1n) is 5.78. The van der Waals surface area contributed by atoms with Gasteiger partial charge in [-0.3, -0.25) is 5.32 Å². The van der Waals surface area contributed by atoms with Gasteiger partial charge in [-0.25, -0.2) is 0 Å². The van der Waals surface area contributed by atoms with Gasteiger partial charge in [-0.2, -0.15) is 17.0 Å². The molecule has 0 spiro atoms. The Morgan fingerprint density at radius 1 is 1.47 bits per heavy atom. The van der Waals surface area contributed by atoms with Gasteiger partial charge in [0.05, 0.1) is 6.07 Å². The maximum absolute atomic E-state index is 9.10. The Morgan fingerprint density at radius 3 is 2.60 bits per heavy atom. The zero-order valence-corrected chi connectivity index (χ0v) is 11.3. The van der Waals surface area contributed by atoms with E-state index < -0.39 is 0 Å². The van der Waals surface area contributed by atoms with Crippen molar-refractivity contribution in [1.82, 2.24) is 5.32 Å². The molecule has 0 aromatic rings. The molecule has 0 saturated carbocycles. The van der Waals surface area contributed by atoms with E-state index in [-0.39, 0.29) is 5.54 Å². The molecule has 3 heteroatoms. The topological polar surface area (TPSA) is 35.8 Å². The molecule has 2 nitrogen and oxygen atoms in total. The van der Waals surface area contributed by atoms with Crippen molar-refractivity contribution in [3.05, 3.63) is 0 Å². The standard InChI is InChI=1S/C12H24N2S/c1-5-7-14-12(4,10-13)6-8-15-9-11(2)3/h11,14H,5-9H2,1-4H3. The number of nitriles is 1.